The molecule has 2 rings (SSSR count). The molecular formula is C13H20N2. The van der Waals surface area contributed by atoms with Crippen LogP contribution in [-0.4, -0.2) is 6.54 Å². The number of anilines is 2. The maximum Gasteiger partial charge on any atom is 0.0603 e. The molecule has 0 aromatic heterocycles. The van der Waals surface area contributed by atoms with E-state index in [0.29, 0.717) is 0 Å². The highest BCUT2D eigenvalue weighted by Gasteiger charge is 2.16. The molecule has 0 spiro atoms. The summed E-state index contributed by atoms with van der Waals surface area (Å²) in [7, 11) is 0. The lowest BCUT2D eigenvalue weighted by atomic mass is 9.83. The fourth-order valence-corrected chi connectivity index (χ4v) is 2.11. The Morgan fingerprint density at radius 1 is 1.40 bits per heavy atom. The van der Waals surface area contributed by atoms with E-state index in [0.717, 1.165) is 23.8 Å². The summed E-state index contributed by atoms with van der Waals surface area (Å²) in [4.78, 5) is 0. The minimum absolute atomic E-state index is 0.864. The fourth-order valence-electron chi connectivity index (χ4n) is 2.11. The summed E-state index contributed by atoms with van der Waals surface area (Å²) in [5.41, 5.74) is 9.15. The monoisotopic (exact) mass is 204 g/mol. The third-order valence-corrected chi connectivity index (χ3v) is 3.38. The third kappa shape index (κ3) is 2.44. The zero-order chi connectivity index (χ0) is 10.7. The second kappa shape index (κ2) is 4.56. The van der Waals surface area contributed by atoms with Crippen molar-refractivity contribution < 1.29 is 0 Å². The van der Waals surface area contributed by atoms with E-state index in [1.807, 2.05) is 12.1 Å². The van der Waals surface area contributed by atoms with Crippen LogP contribution in [0.25, 0.3) is 0 Å². The Balaban J connectivity index is 1.86. The Labute approximate surface area is 91.9 Å². The van der Waals surface area contributed by atoms with E-state index in [2.05, 4.69) is 18.3 Å². The zero-order valence-corrected chi connectivity index (χ0v) is 9.42. The molecule has 1 aromatic carbocycles. The predicted molar refractivity (Wildman–Crippen MR) is 66.0 cm³/mol. The van der Waals surface area contributed by atoms with Gasteiger partial charge in [0.15, 0.2) is 0 Å². The van der Waals surface area contributed by atoms with Crippen molar-refractivity contribution in [1.29, 1.82) is 0 Å². The fraction of sp³-hybridized carbons (Fsp3) is 0.538. The molecule has 0 heterocycles. The third-order valence-electron chi connectivity index (χ3n) is 3.38. The molecule has 15 heavy (non-hydrogen) atoms. The number of benzene rings is 1. The normalized spacial score (nSPS) is 16.1. The summed E-state index contributed by atoms with van der Waals surface area (Å²) in [5.74, 6) is 0.961. The van der Waals surface area contributed by atoms with Gasteiger partial charge in [-0.1, -0.05) is 31.4 Å². The highest BCUT2D eigenvalue weighted by molar-refractivity contribution is 5.69. The highest BCUT2D eigenvalue weighted by Crippen LogP contribution is 2.30. The molecule has 0 unspecified atom stereocenters. The predicted octanol–water partition coefficient (Wildman–Crippen LogP) is 3.18. The van der Waals surface area contributed by atoms with Gasteiger partial charge in [0, 0.05) is 6.54 Å². The second-order valence-electron chi connectivity index (χ2n) is 4.55. The van der Waals surface area contributed by atoms with Crippen LogP contribution in [0.1, 0.15) is 31.2 Å². The first-order chi connectivity index (χ1) is 7.27. The molecule has 82 valence electrons. The van der Waals surface area contributed by atoms with Crippen molar-refractivity contribution in [3.63, 3.8) is 0 Å². The molecule has 0 aliphatic heterocycles. The molecule has 0 saturated heterocycles. The van der Waals surface area contributed by atoms with Crippen molar-refractivity contribution in [2.45, 2.75) is 32.6 Å². The number of nitrogen functional groups attached to an aromatic ring is 1. The Hall–Kier alpha value is -1.18. The van der Waals surface area contributed by atoms with E-state index >= 15 is 0 Å². The van der Waals surface area contributed by atoms with Crippen molar-refractivity contribution in [1.82, 2.24) is 0 Å². The summed E-state index contributed by atoms with van der Waals surface area (Å²) in [5, 5.41) is 3.46. The number of nitrogens with one attached hydrogen (secondary N) is 1. The molecule has 1 saturated carbocycles. The number of hydrogen-bond donors (Lipinski definition) is 2. The summed E-state index contributed by atoms with van der Waals surface area (Å²) < 4.78 is 0. The molecule has 3 N–H and O–H groups in total. The van der Waals surface area contributed by atoms with Gasteiger partial charge in [0.05, 0.1) is 11.4 Å². The smallest absolute Gasteiger partial charge is 0.0603 e. The van der Waals surface area contributed by atoms with Crippen LogP contribution < -0.4 is 11.1 Å². The van der Waals surface area contributed by atoms with Gasteiger partial charge < -0.3 is 11.1 Å². The van der Waals surface area contributed by atoms with Crippen molar-refractivity contribution in [3.8, 4) is 0 Å². The van der Waals surface area contributed by atoms with Gasteiger partial charge in [-0.25, -0.2) is 0 Å². The van der Waals surface area contributed by atoms with Crippen molar-refractivity contribution in [2.75, 3.05) is 17.6 Å². The standard InChI is InChI=1S/C13H20N2/c1-10-4-2-7-12(14)13(10)15-9-8-11-5-3-6-11/h2,4,7,11,15H,3,5-6,8-9,14H2,1H3. The SMILES string of the molecule is Cc1cccc(N)c1NCCC1CCC1. The maximum atomic E-state index is 5.92. The first-order valence-corrected chi connectivity index (χ1v) is 5.86. The Bertz CT molecular complexity index is 309. The minimum atomic E-state index is 0.864. The van der Waals surface area contributed by atoms with Gasteiger partial charge in [0.2, 0.25) is 0 Å². The molecule has 1 fully saturated rings. The number of nitrogens with two attached hydrogens (primary N) is 1. The largest absolute Gasteiger partial charge is 0.397 e. The van der Waals surface area contributed by atoms with Gasteiger partial charge in [-0.3, -0.25) is 0 Å². The molecular weight excluding hydrogens is 184 g/mol. The van der Waals surface area contributed by atoms with E-state index < -0.39 is 0 Å². The topological polar surface area (TPSA) is 38.0 Å². The average molecular weight is 204 g/mol. The van der Waals surface area contributed by atoms with Gasteiger partial charge in [-0.05, 0) is 30.9 Å². The molecule has 0 bridgehead atoms. The van der Waals surface area contributed by atoms with Crippen molar-refractivity contribution in [3.05, 3.63) is 23.8 Å². The Kier molecular flexibility index (Phi) is 3.14. The summed E-state index contributed by atoms with van der Waals surface area (Å²) >= 11 is 0. The highest BCUT2D eigenvalue weighted by atomic mass is 14.9. The maximum absolute atomic E-state index is 5.92. The molecule has 1 aliphatic rings. The zero-order valence-electron chi connectivity index (χ0n) is 9.42. The average Bonchev–Trinajstić information content (AvgIpc) is 2.13. The van der Waals surface area contributed by atoms with Crippen LogP contribution in [0.3, 0.4) is 0 Å². The summed E-state index contributed by atoms with van der Waals surface area (Å²) in [6, 6.07) is 6.06. The lowest BCUT2D eigenvalue weighted by Crippen LogP contribution is -2.16. The molecule has 1 aliphatic carbocycles. The molecule has 0 amide bonds. The molecule has 2 heteroatoms. The van der Waals surface area contributed by atoms with Crippen LogP contribution >= 0.6 is 0 Å². The van der Waals surface area contributed by atoms with Gasteiger partial charge in [-0.15, -0.1) is 0 Å². The van der Waals surface area contributed by atoms with Crippen LogP contribution in [0, 0.1) is 12.8 Å². The lowest BCUT2D eigenvalue weighted by Gasteiger charge is -2.25. The number of aryl methyl sites for hydroxylation is 1. The van der Waals surface area contributed by atoms with Crippen molar-refractivity contribution in [2.24, 2.45) is 5.92 Å². The lowest BCUT2D eigenvalue weighted by molar-refractivity contribution is 0.303. The second-order valence-corrected chi connectivity index (χ2v) is 4.55. The number of hydrogen-bond acceptors (Lipinski definition) is 2. The van der Waals surface area contributed by atoms with Gasteiger partial charge in [-0.2, -0.15) is 0 Å². The van der Waals surface area contributed by atoms with Gasteiger partial charge in [0.25, 0.3) is 0 Å². The van der Waals surface area contributed by atoms with E-state index in [1.165, 1.54) is 31.2 Å². The van der Waals surface area contributed by atoms with Gasteiger partial charge in [0.1, 0.15) is 0 Å². The molecule has 1 aromatic rings. The van der Waals surface area contributed by atoms with Crippen LogP contribution in [0.2, 0.25) is 0 Å². The van der Waals surface area contributed by atoms with E-state index in [1.54, 1.807) is 0 Å². The van der Waals surface area contributed by atoms with Gasteiger partial charge >= 0.3 is 0 Å². The van der Waals surface area contributed by atoms with Crippen LogP contribution in [0.15, 0.2) is 18.2 Å². The summed E-state index contributed by atoms with van der Waals surface area (Å²) in [6.07, 6.45) is 5.56. The molecule has 0 radical (unpaired) electrons. The van der Waals surface area contributed by atoms with E-state index in [-0.39, 0.29) is 0 Å². The minimum Gasteiger partial charge on any atom is -0.397 e. The van der Waals surface area contributed by atoms with E-state index in [4.69, 9.17) is 5.73 Å². The van der Waals surface area contributed by atoms with Crippen LogP contribution in [-0.2, 0) is 0 Å². The first kappa shape index (κ1) is 10.3. The van der Waals surface area contributed by atoms with E-state index in [9.17, 15) is 0 Å². The quantitative estimate of drug-likeness (QED) is 0.739. The van der Waals surface area contributed by atoms with Crippen LogP contribution in [0.4, 0.5) is 11.4 Å². The van der Waals surface area contributed by atoms with Crippen molar-refractivity contribution >= 4 is 11.4 Å². The summed E-state index contributed by atoms with van der Waals surface area (Å²) in [6.45, 7) is 3.15. The molecule has 2 nitrogen and oxygen atoms in total. The molecule has 0 atom stereocenters. The Morgan fingerprint density at radius 2 is 2.20 bits per heavy atom. The number of rotatable bonds is 4. The first-order valence-electron chi connectivity index (χ1n) is 5.86. The number of para-hydroxylation sites is 1. The Morgan fingerprint density at radius 3 is 2.80 bits per heavy atom. The van der Waals surface area contributed by atoms with Crippen LogP contribution in [0.5, 0.6) is 0 Å².